The molecule has 134 valence electrons. The molecule has 0 rings (SSSR count). The summed E-state index contributed by atoms with van der Waals surface area (Å²) in [6.07, 6.45) is 19.5. The molecule has 0 aromatic carbocycles. The van der Waals surface area contributed by atoms with E-state index in [1.54, 1.807) is 0 Å². The van der Waals surface area contributed by atoms with E-state index in [4.69, 9.17) is 0 Å². The predicted molar refractivity (Wildman–Crippen MR) is 111 cm³/mol. The van der Waals surface area contributed by atoms with Crippen LogP contribution in [0.5, 0.6) is 0 Å². The summed E-state index contributed by atoms with van der Waals surface area (Å²) in [4.78, 5) is 1.48. The fourth-order valence-corrected chi connectivity index (χ4v) is 4.34. The van der Waals surface area contributed by atoms with Crippen LogP contribution < -0.4 is 0 Å². The fraction of sp³-hybridized carbons (Fsp3) is 1.00. The van der Waals surface area contributed by atoms with E-state index in [-0.39, 0.29) is 0 Å². The molecule has 0 saturated heterocycles. The zero-order valence-corrected chi connectivity index (χ0v) is 18.6. The van der Waals surface area contributed by atoms with Crippen LogP contribution in [0.3, 0.4) is 0 Å². The normalized spacial score (nSPS) is 15.7. The Bertz CT molecular complexity index is 218. The highest BCUT2D eigenvalue weighted by atomic mass is 79.9. The zero-order valence-electron chi connectivity index (χ0n) is 15.4. The van der Waals surface area contributed by atoms with E-state index in [2.05, 4.69) is 52.6 Å². The van der Waals surface area contributed by atoms with Gasteiger partial charge in [0.2, 0.25) is 0 Å². The standard InChI is InChI=1S/C20H40Br2/c1-4-6-7-8-9-11-14-18(3)17-20(22)16-13-10-12-15-19(21)5-2/h18-20H,4-17H2,1-3H3. The Morgan fingerprint density at radius 3 is 1.77 bits per heavy atom. The highest BCUT2D eigenvalue weighted by Crippen LogP contribution is 2.24. The third-order valence-electron chi connectivity index (χ3n) is 4.69. The summed E-state index contributed by atoms with van der Waals surface area (Å²) in [6.45, 7) is 7.00. The van der Waals surface area contributed by atoms with Crippen LogP contribution in [0.15, 0.2) is 0 Å². The Balaban J connectivity index is 3.40. The Kier molecular flexibility index (Phi) is 17.5. The van der Waals surface area contributed by atoms with Gasteiger partial charge in [0.1, 0.15) is 0 Å². The second-order valence-electron chi connectivity index (χ2n) is 7.14. The lowest BCUT2D eigenvalue weighted by Gasteiger charge is -2.16. The van der Waals surface area contributed by atoms with Crippen LogP contribution in [-0.2, 0) is 0 Å². The van der Waals surface area contributed by atoms with Crippen molar-refractivity contribution < 1.29 is 0 Å². The summed E-state index contributed by atoms with van der Waals surface area (Å²) < 4.78 is 0. The van der Waals surface area contributed by atoms with Crippen LogP contribution in [0.2, 0.25) is 0 Å². The lowest BCUT2D eigenvalue weighted by molar-refractivity contribution is 0.440. The van der Waals surface area contributed by atoms with Gasteiger partial charge in [-0.1, -0.05) is 117 Å². The van der Waals surface area contributed by atoms with Crippen molar-refractivity contribution in [2.75, 3.05) is 0 Å². The summed E-state index contributed by atoms with van der Waals surface area (Å²) in [5.74, 6) is 0.891. The van der Waals surface area contributed by atoms with E-state index in [1.165, 1.54) is 89.9 Å². The molecule has 3 unspecified atom stereocenters. The van der Waals surface area contributed by atoms with E-state index in [0.717, 1.165) is 15.6 Å². The third-order valence-corrected chi connectivity index (χ3v) is 6.62. The average molecular weight is 440 g/mol. The molecule has 0 bridgehead atoms. The van der Waals surface area contributed by atoms with Gasteiger partial charge in [-0.2, -0.15) is 0 Å². The summed E-state index contributed by atoms with van der Waals surface area (Å²) >= 11 is 7.63. The quantitative estimate of drug-likeness (QED) is 0.166. The van der Waals surface area contributed by atoms with Crippen molar-refractivity contribution in [3.8, 4) is 0 Å². The van der Waals surface area contributed by atoms with Crippen LogP contribution in [0, 0.1) is 5.92 Å². The lowest BCUT2D eigenvalue weighted by Crippen LogP contribution is -2.06. The molecule has 0 radical (unpaired) electrons. The second-order valence-corrected chi connectivity index (χ2v) is 9.73. The minimum absolute atomic E-state index is 0.740. The van der Waals surface area contributed by atoms with Gasteiger partial charge in [-0.3, -0.25) is 0 Å². The SMILES string of the molecule is CCCCCCCCC(C)CC(Br)CCCCCC(Br)CC. The molecule has 0 saturated carbocycles. The maximum absolute atomic E-state index is 3.91. The molecule has 0 heterocycles. The van der Waals surface area contributed by atoms with Crippen molar-refractivity contribution in [2.24, 2.45) is 5.92 Å². The van der Waals surface area contributed by atoms with Gasteiger partial charge < -0.3 is 0 Å². The average Bonchev–Trinajstić information content (AvgIpc) is 2.50. The monoisotopic (exact) mass is 438 g/mol. The van der Waals surface area contributed by atoms with Crippen molar-refractivity contribution >= 4 is 31.9 Å². The predicted octanol–water partition coefficient (Wildman–Crippen LogP) is 8.65. The number of halogens is 2. The summed E-state index contributed by atoms with van der Waals surface area (Å²) in [5, 5.41) is 0. The van der Waals surface area contributed by atoms with Gasteiger partial charge in [-0.05, 0) is 31.6 Å². The molecular weight excluding hydrogens is 400 g/mol. The van der Waals surface area contributed by atoms with Crippen LogP contribution >= 0.6 is 31.9 Å². The van der Waals surface area contributed by atoms with Crippen LogP contribution in [0.1, 0.15) is 111 Å². The largest absolute Gasteiger partial charge is 0.0891 e. The van der Waals surface area contributed by atoms with Gasteiger partial charge in [0.25, 0.3) is 0 Å². The summed E-state index contributed by atoms with van der Waals surface area (Å²) in [7, 11) is 0. The first-order chi connectivity index (χ1) is 10.6. The van der Waals surface area contributed by atoms with Gasteiger partial charge in [-0.25, -0.2) is 0 Å². The molecule has 0 aliphatic heterocycles. The van der Waals surface area contributed by atoms with Crippen molar-refractivity contribution in [1.82, 2.24) is 0 Å². The van der Waals surface area contributed by atoms with E-state index >= 15 is 0 Å². The Hall–Kier alpha value is 0.960. The first-order valence-corrected chi connectivity index (χ1v) is 11.7. The van der Waals surface area contributed by atoms with Crippen molar-refractivity contribution in [3.63, 3.8) is 0 Å². The highest BCUT2D eigenvalue weighted by Gasteiger charge is 2.10. The molecule has 0 aromatic rings. The maximum atomic E-state index is 3.91. The molecule has 0 spiro atoms. The van der Waals surface area contributed by atoms with Gasteiger partial charge >= 0.3 is 0 Å². The second kappa shape index (κ2) is 16.8. The molecule has 0 aliphatic carbocycles. The molecule has 0 fully saturated rings. The number of hydrogen-bond donors (Lipinski definition) is 0. The first-order valence-electron chi connectivity index (χ1n) is 9.88. The number of unbranched alkanes of at least 4 members (excludes halogenated alkanes) is 7. The zero-order chi connectivity index (χ0) is 16.6. The van der Waals surface area contributed by atoms with Gasteiger partial charge in [-0.15, -0.1) is 0 Å². The van der Waals surface area contributed by atoms with Crippen LogP contribution in [0.25, 0.3) is 0 Å². The summed E-state index contributed by atoms with van der Waals surface area (Å²) in [6, 6.07) is 0. The number of rotatable bonds is 16. The van der Waals surface area contributed by atoms with Crippen molar-refractivity contribution in [3.05, 3.63) is 0 Å². The molecule has 3 atom stereocenters. The maximum Gasteiger partial charge on any atom is 0.0148 e. The third kappa shape index (κ3) is 15.8. The number of hydrogen-bond acceptors (Lipinski definition) is 0. The molecule has 0 amide bonds. The van der Waals surface area contributed by atoms with Crippen LogP contribution in [-0.4, -0.2) is 9.65 Å². The molecule has 22 heavy (non-hydrogen) atoms. The van der Waals surface area contributed by atoms with E-state index < -0.39 is 0 Å². The molecule has 0 N–H and O–H groups in total. The van der Waals surface area contributed by atoms with Gasteiger partial charge in [0.05, 0.1) is 0 Å². The van der Waals surface area contributed by atoms with Gasteiger partial charge in [0.15, 0.2) is 0 Å². The first kappa shape index (κ1) is 23.0. The minimum Gasteiger partial charge on any atom is -0.0891 e. The van der Waals surface area contributed by atoms with Crippen molar-refractivity contribution in [1.29, 1.82) is 0 Å². The lowest BCUT2D eigenvalue weighted by atomic mass is 9.95. The van der Waals surface area contributed by atoms with Gasteiger partial charge in [0, 0.05) is 9.65 Å². The molecule has 2 heteroatoms. The topological polar surface area (TPSA) is 0 Å². The van der Waals surface area contributed by atoms with E-state index in [1.807, 2.05) is 0 Å². The number of alkyl halides is 2. The molecule has 0 aromatic heterocycles. The summed E-state index contributed by atoms with van der Waals surface area (Å²) in [5.41, 5.74) is 0. The van der Waals surface area contributed by atoms with Crippen LogP contribution in [0.4, 0.5) is 0 Å². The fourth-order valence-electron chi connectivity index (χ4n) is 3.06. The Morgan fingerprint density at radius 1 is 0.636 bits per heavy atom. The Morgan fingerprint density at radius 2 is 1.14 bits per heavy atom. The van der Waals surface area contributed by atoms with Crippen molar-refractivity contribution in [2.45, 2.75) is 120 Å². The van der Waals surface area contributed by atoms with E-state index in [0.29, 0.717) is 0 Å². The molecule has 0 aliphatic rings. The Labute approximate surface area is 157 Å². The van der Waals surface area contributed by atoms with E-state index in [9.17, 15) is 0 Å². The smallest absolute Gasteiger partial charge is 0.0148 e. The molecule has 0 nitrogen and oxygen atoms in total. The minimum atomic E-state index is 0.740. The molecular formula is C20H40Br2. The highest BCUT2D eigenvalue weighted by molar-refractivity contribution is 9.09.